The molecule has 0 spiro atoms. The van der Waals surface area contributed by atoms with E-state index in [-0.39, 0.29) is 18.9 Å². The minimum atomic E-state index is -0.495. The van der Waals surface area contributed by atoms with Crippen LogP contribution in [-0.4, -0.2) is 24.2 Å². The van der Waals surface area contributed by atoms with Gasteiger partial charge in [-0.15, -0.1) is 11.3 Å². The van der Waals surface area contributed by atoms with E-state index in [2.05, 4.69) is 4.98 Å². The summed E-state index contributed by atoms with van der Waals surface area (Å²) in [7, 11) is 0. The maximum Gasteiger partial charge on any atom is 0.357 e. The van der Waals surface area contributed by atoms with Crippen LogP contribution in [0.5, 0.6) is 5.75 Å². The van der Waals surface area contributed by atoms with Crippen LogP contribution in [0.25, 0.3) is 10.6 Å². The molecule has 3 aromatic rings. The second-order valence-corrected chi connectivity index (χ2v) is 6.46. The summed E-state index contributed by atoms with van der Waals surface area (Å²) in [6.07, 6.45) is 0. The van der Waals surface area contributed by atoms with Crippen LogP contribution >= 0.6 is 22.9 Å². The van der Waals surface area contributed by atoms with Gasteiger partial charge in [-0.05, 0) is 36.4 Å². The summed E-state index contributed by atoms with van der Waals surface area (Å²) >= 11 is 7.23. The first kappa shape index (κ1) is 17.9. The number of thiazole rings is 1. The molecule has 26 heavy (non-hydrogen) atoms. The Bertz CT molecular complexity index is 931. The van der Waals surface area contributed by atoms with Gasteiger partial charge < -0.3 is 9.47 Å². The molecule has 1 aromatic heterocycles. The third-order valence-corrected chi connectivity index (χ3v) is 4.52. The third kappa shape index (κ3) is 4.60. The first-order chi connectivity index (χ1) is 12.7. The Morgan fingerprint density at radius 3 is 2.54 bits per heavy atom. The van der Waals surface area contributed by atoms with Gasteiger partial charge in [-0.2, -0.15) is 5.26 Å². The maximum atomic E-state index is 12.0. The molecule has 0 fully saturated rings. The van der Waals surface area contributed by atoms with E-state index in [0.717, 1.165) is 10.6 Å². The van der Waals surface area contributed by atoms with Crippen molar-refractivity contribution in [3.05, 3.63) is 70.2 Å². The van der Waals surface area contributed by atoms with E-state index >= 15 is 0 Å². The highest BCUT2D eigenvalue weighted by atomic mass is 35.5. The molecule has 0 bridgehead atoms. The summed E-state index contributed by atoms with van der Waals surface area (Å²) in [5.74, 6) is 0.114. The SMILES string of the molecule is N#Cc1ccc(OCCOC(=O)c2csc(-c3ccc(Cl)cc3)n2)cc1. The zero-order chi connectivity index (χ0) is 18.4. The van der Waals surface area contributed by atoms with Gasteiger partial charge in [0.25, 0.3) is 0 Å². The highest BCUT2D eigenvalue weighted by Crippen LogP contribution is 2.25. The number of esters is 1. The average Bonchev–Trinajstić information content (AvgIpc) is 3.16. The number of carbonyl (C=O) groups excluding carboxylic acids is 1. The summed E-state index contributed by atoms with van der Waals surface area (Å²) in [6.45, 7) is 0.318. The normalized spacial score (nSPS) is 10.2. The van der Waals surface area contributed by atoms with Crippen molar-refractivity contribution in [2.45, 2.75) is 0 Å². The molecule has 0 unspecified atom stereocenters. The molecule has 0 amide bonds. The molecular formula is C19H13ClN2O3S. The molecule has 0 saturated carbocycles. The number of benzene rings is 2. The monoisotopic (exact) mass is 384 g/mol. The predicted molar refractivity (Wildman–Crippen MR) is 99.5 cm³/mol. The minimum absolute atomic E-state index is 0.104. The number of halogens is 1. The van der Waals surface area contributed by atoms with Crippen LogP contribution in [0.3, 0.4) is 0 Å². The van der Waals surface area contributed by atoms with Gasteiger partial charge >= 0.3 is 5.97 Å². The van der Waals surface area contributed by atoms with Crippen LogP contribution in [0.4, 0.5) is 0 Å². The summed E-state index contributed by atoms with van der Waals surface area (Å²) in [4.78, 5) is 16.3. The van der Waals surface area contributed by atoms with Gasteiger partial charge in [0.15, 0.2) is 5.69 Å². The van der Waals surface area contributed by atoms with E-state index in [4.69, 9.17) is 26.3 Å². The highest BCUT2D eigenvalue weighted by Gasteiger charge is 2.13. The fourth-order valence-electron chi connectivity index (χ4n) is 2.09. The Morgan fingerprint density at radius 2 is 1.85 bits per heavy atom. The zero-order valence-electron chi connectivity index (χ0n) is 13.5. The number of hydrogen-bond acceptors (Lipinski definition) is 6. The molecule has 5 nitrogen and oxygen atoms in total. The molecule has 1 heterocycles. The predicted octanol–water partition coefficient (Wildman–Crippen LogP) is 4.57. The van der Waals surface area contributed by atoms with E-state index in [1.54, 1.807) is 41.8 Å². The van der Waals surface area contributed by atoms with Crippen LogP contribution in [0, 0.1) is 11.3 Å². The van der Waals surface area contributed by atoms with Crippen LogP contribution in [0.1, 0.15) is 16.1 Å². The van der Waals surface area contributed by atoms with Crippen LogP contribution in [0.2, 0.25) is 5.02 Å². The lowest BCUT2D eigenvalue weighted by molar-refractivity contribution is 0.0444. The summed E-state index contributed by atoms with van der Waals surface area (Å²) in [5, 5.41) is 11.8. The van der Waals surface area contributed by atoms with Crippen molar-refractivity contribution in [3.8, 4) is 22.4 Å². The molecule has 2 aromatic carbocycles. The number of nitriles is 1. The number of ether oxygens (including phenoxy) is 2. The van der Waals surface area contributed by atoms with Crippen molar-refractivity contribution in [1.29, 1.82) is 5.26 Å². The van der Waals surface area contributed by atoms with Crippen molar-refractivity contribution in [1.82, 2.24) is 4.98 Å². The Labute approximate surface area is 159 Å². The van der Waals surface area contributed by atoms with Crippen LogP contribution in [-0.2, 0) is 4.74 Å². The smallest absolute Gasteiger partial charge is 0.357 e. The number of nitrogens with zero attached hydrogens (tertiary/aromatic N) is 2. The summed E-state index contributed by atoms with van der Waals surface area (Å²) in [6, 6.07) is 16.0. The number of hydrogen-bond donors (Lipinski definition) is 0. The van der Waals surface area contributed by atoms with Gasteiger partial charge in [0, 0.05) is 16.0 Å². The second-order valence-electron chi connectivity index (χ2n) is 5.17. The van der Waals surface area contributed by atoms with Crippen LogP contribution in [0.15, 0.2) is 53.9 Å². The zero-order valence-corrected chi connectivity index (χ0v) is 15.1. The molecule has 0 aliphatic heterocycles. The summed E-state index contributed by atoms with van der Waals surface area (Å²) < 4.78 is 10.6. The largest absolute Gasteiger partial charge is 0.490 e. The molecular weight excluding hydrogens is 372 g/mol. The van der Waals surface area contributed by atoms with E-state index in [1.807, 2.05) is 18.2 Å². The van der Waals surface area contributed by atoms with E-state index in [0.29, 0.717) is 16.3 Å². The number of carbonyl (C=O) groups is 1. The second kappa shape index (κ2) is 8.48. The Morgan fingerprint density at radius 1 is 1.12 bits per heavy atom. The quantitative estimate of drug-likeness (QED) is 0.459. The van der Waals surface area contributed by atoms with Gasteiger partial charge in [0.2, 0.25) is 0 Å². The molecule has 3 rings (SSSR count). The Kier molecular flexibility index (Phi) is 5.84. The van der Waals surface area contributed by atoms with Crippen LogP contribution < -0.4 is 4.74 Å². The van der Waals surface area contributed by atoms with Gasteiger partial charge in [0.05, 0.1) is 11.6 Å². The van der Waals surface area contributed by atoms with Crippen molar-refractivity contribution < 1.29 is 14.3 Å². The fraction of sp³-hybridized carbons (Fsp3) is 0.105. The fourth-order valence-corrected chi connectivity index (χ4v) is 3.01. The molecule has 130 valence electrons. The van der Waals surface area contributed by atoms with Crippen molar-refractivity contribution in [2.75, 3.05) is 13.2 Å². The lowest BCUT2D eigenvalue weighted by Crippen LogP contribution is -2.12. The first-order valence-electron chi connectivity index (χ1n) is 7.67. The van der Waals surface area contributed by atoms with Gasteiger partial charge in [-0.3, -0.25) is 0 Å². The number of aromatic nitrogens is 1. The van der Waals surface area contributed by atoms with Gasteiger partial charge in [-0.25, -0.2) is 9.78 Å². The molecule has 0 atom stereocenters. The van der Waals surface area contributed by atoms with Crippen molar-refractivity contribution >= 4 is 28.9 Å². The Balaban J connectivity index is 1.49. The highest BCUT2D eigenvalue weighted by molar-refractivity contribution is 7.13. The van der Waals surface area contributed by atoms with Gasteiger partial charge in [0.1, 0.15) is 24.0 Å². The molecule has 0 N–H and O–H groups in total. The lowest BCUT2D eigenvalue weighted by Gasteiger charge is -2.06. The molecule has 0 aliphatic carbocycles. The maximum absolute atomic E-state index is 12.0. The standard InChI is InChI=1S/C19H13ClN2O3S/c20-15-5-3-14(4-6-15)18-22-17(12-26-18)19(23)25-10-9-24-16-7-1-13(11-21)2-8-16/h1-8,12H,9-10H2. The molecule has 7 heteroatoms. The summed E-state index contributed by atoms with van der Waals surface area (Å²) in [5.41, 5.74) is 1.71. The third-order valence-electron chi connectivity index (χ3n) is 3.37. The Hall–Kier alpha value is -2.88. The van der Waals surface area contributed by atoms with E-state index in [9.17, 15) is 4.79 Å². The van der Waals surface area contributed by atoms with E-state index in [1.165, 1.54) is 11.3 Å². The van der Waals surface area contributed by atoms with E-state index < -0.39 is 5.97 Å². The first-order valence-corrected chi connectivity index (χ1v) is 8.93. The minimum Gasteiger partial charge on any atom is -0.490 e. The molecule has 0 radical (unpaired) electrons. The number of rotatable bonds is 6. The average molecular weight is 385 g/mol. The molecule has 0 aliphatic rings. The van der Waals surface area contributed by atoms with Crippen molar-refractivity contribution in [3.63, 3.8) is 0 Å². The topological polar surface area (TPSA) is 72.2 Å². The van der Waals surface area contributed by atoms with Crippen molar-refractivity contribution in [2.24, 2.45) is 0 Å². The lowest BCUT2D eigenvalue weighted by atomic mass is 10.2. The molecule has 0 saturated heterocycles. The van der Waals surface area contributed by atoms with Gasteiger partial charge in [-0.1, -0.05) is 23.7 Å².